The number of anilines is 2. The van der Waals surface area contributed by atoms with Crippen LogP contribution >= 0.6 is 11.6 Å². The van der Waals surface area contributed by atoms with E-state index >= 15 is 0 Å². The Hall–Kier alpha value is -2.95. The number of hydrogen-bond donors (Lipinski definition) is 2. The van der Waals surface area contributed by atoms with Gasteiger partial charge in [-0.25, -0.2) is 15.0 Å². The van der Waals surface area contributed by atoms with Gasteiger partial charge in [0.25, 0.3) is 5.91 Å². The minimum atomic E-state index is -4.52. The van der Waals surface area contributed by atoms with Crippen molar-refractivity contribution in [2.45, 2.75) is 25.6 Å². The Labute approximate surface area is 168 Å². The Kier molecular flexibility index (Phi) is 5.87. The molecule has 0 spiro atoms. The lowest BCUT2D eigenvalue weighted by molar-refractivity contribution is -0.137. The predicted molar refractivity (Wildman–Crippen MR) is 98.7 cm³/mol. The largest absolute Gasteiger partial charge is 0.417 e. The number of nitrogens with one attached hydrogen (secondary N) is 2. The molecule has 8 nitrogen and oxygen atoms in total. The van der Waals surface area contributed by atoms with Crippen molar-refractivity contribution in [1.82, 2.24) is 20.3 Å². The summed E-state index contributed by atoms with van der Waals surface area (Å²) in [6, 6.07) is 1.96. The standard InChI is InChI=1S/C17H16ClF3N6O2/c1-9(28)24-16-22-4-2-13(26-16)15(29)25-11-3-5-27(8-11)14-12(18)6-10(7-23-14)17(19,20)21/h2,4,6-7,11H,3,5,8H2,1H3,(H,25,29)(H,22,24,26,28). The highest BCUT2D eigenvalue weighted by Gasteiger charge is 2.33. The van der Waals surface area contributed by atoms with E-state index in [-0.39, 0.29) is 34.4 Å². The van der Waals surface area contributed by atoms with Crippen LogP contribution in [-0.2, 0) is 11.0 Å². The van der Waals surface area contributed by atoms with Crippen LogP contribution in [0.25, 0.3) is 0 Å². The molecule has 0 bridgehead atoms. The molecule has 1 unspecified atom stereocenters. The van der Waals surface area contributed by atoms with Gasteiger partial charge < -0.3 is 10.2 Å². The Morgan fingerprint density at radius 3 is 2.72 bits per heavy atom. The zero-order valence-corrected chi connectivity index (χ0v) is 15.9. The van der Waals surface area contributed by atoms with Crippen LogP contribution < -0.4 is 15.5 Å². The van der Waals surface area contributed by atoms with Crippen molar-refractivity contribution < 1.29 is 22.8 Å². The van der Waals surface area contributed by atoms with Gasteiger partial charge >= 0.3 is 6.18 Å². The van der Waals surface area contributed by atoms with Gasteiger partial charge in [0.2, 0.25) is 11.9 Å². The zero-order valence-electron chi connectivity index (χ0n) is 15.1. The van der Waals surface area contributed by atoms with Crippen LogP contribution in [-0.4, -0.2) is 45.9 Å². The first kappa shape index (κ1) is 20.8. The Balaban J connectivity index is 1.64. The number of rotatable bonds is 4. The smallest absolute Gasteiger partial charge is 0.353 e. The quantitative estimate of drug-likeness (QED) is 0.776. The first-order valence-corrected chi connectivity index (χ1v) is 8.90. The van der Waals surface area contributed by atoms with E-state index in [0.717, 1.165) is 12.3 Å². The van der Waals surface area contributed by atoms with E-state index in [1.807, 2.05) is 0 Å². The molecule has 1 atom stereocenters. The van der Waals surface area contributed by atoms with Crippen LogP contribution in [0.15, 0.2) is 24.5 Å². The molecule has 0 saturated carbocycles. The second-order valence-electron chi connectivity index (χ2n) is 6.38. The van der Waals surface area contributed by atoms with Gasteiger partial charge in [0, 0.05) is 38.4 Å². The summed E-state index contributed by atoms with van der Waals surface area (Å²) in [4.78, 5) is 36.8. The lowest BCUT2D eigenvalue weighted by atomic mass is 10.2. The molecule has 154 valence electrons. The second-order valence-corrected chi connectivity index (χ2v) is 6.79. The van der Waals surface area contributed by atoms with Crippen molar-refractivity contribution in [3.05, 3.63) is 40.8 Å². The highest BCUT2D eigenvalue weighted by Crippen LogP contribution is 2.34. The van der Waals surface area contributed by atoms with E-state index in [4.69, 9.17) is 11.6 Å². The molecule has 0 radical (unpaired) electrons. The molecule has 3 rings (SSSR count). The maximum atomic E-state index is 12.7. The first-order chi connectivity index (χ1) is 13.6. The van der Waals surface area contributed by atoms with Crippen LogP contribution in [0.5, 0.6) is 0 Å². The number of nitrogens with zero attached hydrogens (tertiary/aromatic N) is 4. The van der Waals surface area contributed by atoms with Gasteiger partial charge in [0.15, 0.2) is 0 Å². The molecule has 1 aliphatic rings. The maximum absolute atomic E-state index is 12.7. The van der Waals surface area contributed by atoms with Gasteiger partial charge in [-0.15, -0.1) is 0 Å². The SMILES string of the molecule is CC(=O)Nc1nccc(C(=O)NC2CCN(c3ncc(C(F)(F)F)cc3Cl)C2)n1. The normalized spacial score (nSPS) is 16.6. The highest BCUT2D eigenvalue weighted by atomic mass is 35.5. The van der Waals surface area contributed by atoms with Crippen molar-refractivity contribution in [3.63, 3.8) is 0 Å². The molecule has 0 aromatic carbocycles. The average molecular weight is 429 g/mol. The molecule has 2 aromatic rings. The summed E-state index contributed by atoms with van der Waals surface area (Å²) in [5.74, 6) is -0.586. The third kappa shape index (κ3) is 5.11. The Morgan fingerprint density at radius 1 is 1.31 bits per heavy atom. The third-order valence-electron chi connectivity index (χ3n) is 4.15. The summed E-state index contributed by atoms with van der Waals surface area (Å²) in [5, 5.41) is 5.08. The molecule has 2 aromatic heterocycles. The first-order valence-electron chi connectivity index (χ1n) is 8.52. The summed E-state index contributed by atoms with van der Waals surface area (Å²) in [7, 11) is 0. The second kappa shape index (κ2) is 8.19. The van der Waals surface area contributed by atoms with E-state index in [2.05, 4.69) is 25.6 Å². The number of aromatic nitrogens is 3. The summed E-state index contributed by atoms with van der Waals surface area (Å²) in [5.41, 5.74) is -0.845. The van der Waals surface area contributed by atoms with Gasteiger partial charge in [-0.3, -0.25) is 14.9 Å². The fourth-order valence-corrected chi connectivity index (χ4v) is 3.14. The van der Waals surface area contributed by atoms with Crippen LogP contribution in [0.1, 0.15) is 29.4 Å². The van der Waals surface area contributed by atoms with Crippen LogP contribution in [0.3, 0.4) is 0 Å². The van der Waals surface area contributed by atoms with Gasteiger partial charge in [-0.05, 0) is 18.6 Å². The Morgan fingerprint density at radius 2 is 2.07 bits per heavy atom. The number of carbonyl (C=O) groups is 2. The van der Waals surface area contributed by atoms with Gasteiger partial charge in [0.1, 0.15) is 11.5 Å². The maximum Gasteiger partial charge on any atom is 0.417 e. The monoisotopic (exact) mass is 428 g/mol. The molecular weight excluding hydrogens is 413 g/mol. The number of carbonyl (C=O) groups excluding carboxylic acids is 2. The van der Waals surface area contributed by atoms with Crippen molar-refractivity contribution in [3.8, 4) is 0 Å². The minimum Gasteiger partial charge on any atom is -0.353 e. The number of hydrogen-bond acceptors (Lipinski definition) is 6. The van der Waals surface area contributed by atoms with Gasteiger partial charge in [-0.1, -0.05) is 11.6 Å². The molecule has 3 heterocycles. The van der Waals surface area contributed by atoms with Gasteiger partial charge in [-0.2, -0.15) is 13.2 Å². The number of halogens is 4. The molecule has 29 heavy (non-hydrogen) atoms. The summed E-state index contributed by atoms with van der Waals surface area (Å²) in [6.07, 6.45) is -1.89. The van der Waals surface area contributed by atoms with Crippen molar-refractivity contribution in [1.29, 1.82) is 0 Å². The summed E-state index contributed by atoms with van der Waals surface area (Å²) < 4.78 is 38.2. The molecule has 2 amide bonds. The molecular formula is C17H16ClF3N6O2. The van der Waals surface area contributed by atoms with Crippen LogP contribution in [0.2, 0.25) is 5.02 Å². The number of amides is 2. The topological polar surface area (TPSA) is 100 Å². The van der Waals surface area contributed by atoms with Crippen molar-refractivity contribution >= 4 is 35.2 Å². The molecule has 1 aliphatic heterocycles. The average Bonchev–Trinajstić information content (AvgIpc) is 3.08. The van der Waals surface area contributed by atoms with E-state index < -0.39 is 17.6 Å². The molecule has 12 heteroatoms. The van der Waals surface area contributed by atoms with Crippen LogP contribution in [0.4, 0.5) is 24.9 Å². The minimum absolute atomic E-state index is 0.0129. The molecule has 1 fully saturated rings. The predicted octanol–water partition coefficient (Wildman–Crippen LogP) is 2.51. The van der Waals surface area contributed by atoms with Gasteiger partial charge in [0.05, 0.1) is 10.6 Å². The number of pyridine rings is 1. The molecule has 0 aliphatic carbocycles. The number of alkyl halides is 3. The summed E-state index contributed by atoms with van der Waals surface area (Å²) in [6.45, 7) is 2.08. The van der Waals surface area contributed by atoms with Crippen molar-refractivity contribution in [2.24, 2.45) is 0 Å². The van der Waals surface area contributed by atoms with E-state index in [0.29, 0.717) is 19.5 Å². The lowest BCUT2D eigenvalue weighted by Gasteiger charge is -2.20. The highest BCUT2D eigenvalue weighted by molar-refractivity contribution is 6.33. The summed E-state index contributed by atoms with van der Waals surface area (Å²) >= 11 is 5.98. The van der Waals surface area contributed by atoms with Crippen LogP contribution in [0, 0.1) is 0 Å². The zero-order chi connectivity index (χ0) is 21.2. The fraction of sp³-hybridized carbons (Fsp3) is 0.353. The fourth-order valence-electron chi connectivity index (χ4n) is 2.85. The third-order valence-corrected chi connectivity index (χ3v) is 4.43. The lowest BCUT2D eigenvalue weighted by Crippen LogP contribution is -2.37. The molecule has 1 saturated heterocycles. The van der Waals surface area contributed by atoms with E-state index in [1.165, 1.54) is 19.2 Å². The van der Waals surface area contributed by atoms with Crippen molar-refractivity contribution in [2.75, 3.05) is 23.3 Å². The van der Waals surface area contributed by atoms with E-state index in [9.17, 15) is 22.8 Å². The molecule has 2 N–H and O–H groups in total. The van der Waals surface area contributed by atoms with E-state index in [1.54, 1.807) is 4.90 Å². The Bertz CT molecular complexity index is 940.